The van der Waals surface area contributed by atoms with E-state index in [9.17, 15) is 4.39 Å². The minimum atomic E-state index is -0.519. The molecule has 2 N–H and O–H groups in total. The molecule has 1 aromatic rings. The maximum atomic E-state index is 14.1. The molecule has 0 aliphatic heterocycles. The largest absolute Gasteiger partial charge is 0.497 e. The van der Waals surface area contributed by atoms with E-state index >= 15 is 0 Å². The molecule has 17 heavy (non-hydrogen) atoms. The summed E-state index contributed by atoms with van der Waals surface area (Å²) in [4.78, 5) is 0. The fraction of sp³-hybridized carbons (Fsp3) is 0.571. The molecule has 94 valence electrons. The fourth-order valence-electron chi connectivity index (χ4n) is 2.77. The third-order valence-electron chi connectivity index (χ3n) is 4.03. The molecule has 0 spiro atoms. The number of nitrogens with two attached hydrogens (primary N) is 1. The Bertz CT molecular complexity index is 407. The number of hydrogen-bond acceptors (Lipinski definition) is 2. The first-order valence-electron chi connectivity index (χ1n) is 6.21. The highest BCUT2D eigenvalue weighted by atomic mass is 19.1. The van der Waals surface area contributed by atoms with Gasteiger partial charge in [0, 0.05) is 17.2 Å². The molecule has 1 aliphatic carbocycles. The predicted molar refractivity (Wildman–Crippen MR) is 66.4 cm³/mol. The molecule has 0 amide bonds. The molecule has 0 radical (unpaired) electrons. The van der Waals surface area contributed by atoms with Crippen molar-refractivity contribution in [2.45, 2.75) is 38.1 Å². The SMILES string of the molecule is COc1ccc(C2(N)CCCCC2C)c(F)c1. The Morgan fingerprint density at radius 1 is 1.41 bits per heavy atom. The normalized spacial score (nSPS) is 29.1. The summed E-state index contributed by atoms with van der Waals surface area (Å²) in [7, 11) is 1.54. The van der Waals surface area contributed by atoms with Gasteiger partial charge in [0.1, 0.15) is 11.6 Å². The van der Waals surface area contributed by atoms with E-state index in [0.29, 0.717) is 17.2 Å². The molecule has 2 rings (SSSR count). The van der Waals surface area contributed by atoms with Gasteiger partial charge in [-0.1, -0.05) is 25.8 Å². The van der Waals surface area contributed by atoms with Crippen molar-refractivity contribution < 1.29 is 9.13 Å². The molecule has 1 aliphatic rings. The second kappa shape index (κ2) is 4.65. The number of methoxy groups -OCH3 is 1. The Labute approximate surface area is 102 Å². The van der Waals surface area contributed by atoms with Crippen LogP contribution in [0.15, 0.2) is 18.2 Å². The minimum absolute atomic E-state index is 0.249. The highest BCUT2D eigenvalue weighted by molar-refractivity contribution is 5.34. The number of halogens is 1. The Hall–Kier alpha value is -1.09. The monoisotopic (exact) mass is 237 g/mol. The lowest BCUT2D eigenvalue weighted by atomic mass is 9.70. The van der Waals surface area contributed by atoms with Crippen LogP contribution in [0, 0.1) is 11.7 Å². The smallest absolute Gasteiger partial charge is 0.131 e. The van der Waals surface area contributed by atoms with Crippen LogP contribution in [-0.4, -0.2) is 7.11 Å². The second-order valence-electron chi connectivity index (χ2n) is 5.03. The van der Waals surface area contributed by atoms with Gasteiger partial charge in [-0.25, -0.2) is 4.39 Å². The minimum Gasteiger partial charge on any atom is -0.497 e. The summed E-state index contributed by atoms with van der Waals surface area (Å²) in [6.07, 6.45) is 4.20. The zero-order chi connectivity index (χ0) is 12.5. The lowest BCUT2D eigenvalue weighted by Crippen LogP contribution is -2.45. The maximum Gasteiger partial charge on any atom is 0.131 e. The van der Waals surface area contributed by atoms with E-state index < -0.39 is 5.54 Å². The molecule has 0 aromatic heterocycles. The lowest BCUT2D eigenvalue weighted by Gasteiger charge is -2.40. The molecule has 0 bridgehead atoms. The molecular formula is C14H20FNO. The van der Waals surface area contributed by atoms with Gasteiger partial charge in [-0.3, -0.25) is 0 Å². The van der Waals surface area contributed by atoms with E-state index in [2.05, 4.69) is 6.92 Å². The van der Waals surface area contributed by atoms with Crippen LogP contribution in [0.5, 0.6) is 5.75 Å². The summed E-state index contributed by atoms with van der Waals surface area (Å²) in [6.45, 7) is 2.11. The quantitative estimate of drug-likeness (QED) is 0.857. The molecule has 1 saturated carbocycles. The second-order valence-corrected chi connectivity index (χ2v) is 5.03. The van der Waals surface area contributed by atoms with Gasteiger partial charge in [0.05, 0.1) is 7.11 Å². The number of benzene rings is 1. The first-order chi connectivity index (χ1) is 8.08. The van der Waals surface area contributed by atoms with E-state index in [-0.39, 0.29) is 5.82 Å². The van der Waals surface area contributed by atoms with E-state index in [4.69, 9.17) is 10.5 Å². The Morgan fingerprint density at radius 2 is 2.18 bits per heavy atom. The van der Waals surface area contributed by atoms with Gasteiger partial charge in [0.15, 0.2) is 0 Å². The van der Waals surface area contributed by atoms with E-state index in [0.717, 1.165) is 19.3 Å². The highest BCUT2D eigenvalue weighted by Gasteiger charge is 2.37. The van der Waals surface area contributed by atoms with Crippen molar-refractivity contribution in [1.82, 2.24) is 0 Å². The van der Waals surface area contributed by atoms with E-state index in [1.807, 2.05) is 0 Å². The van der Waals surface area contributed by atoms with Crippen LogP contribution in [0.25, 0.3) is 0 Å². The summed E-state index contributed by atoms with van der Waals surface area (Å²) in [5.74, 6) is 0.609. The zero-order valence-electron chi connectivity index (χ0n) is 10.5. The average Bonchev–Trinajstić information content (AvgIpc) is 2.32. The highest BCUT2D eigenvalue weighted by Crippen LogP contribution is 2.40. The first-order valence-corrected chi connectivity index (χ1v) is 6.21. The van der Waals surface area contributed by atoms with Gasteiger partial charge in [-0.15, -0.1) is 0 Å². The molecule has 1 fully saturated rings. The zero-order valence-corrected chi connectivity index (χ0v) is 10.5. The molecule has 0 saturated heterocycles. The van der Waals surface area contributed by atoms with Gasteiger partial charge in [-0.2, -0.15) is 0 Å². The van der Waals surface area contributed by atoms with Crippen molar-refractivity contribution in [3.8, 4) is 5.75 Å². The summed E-state index contributed by atoms with van der Waals surface area (Å²) in [5.41, 5.74) is 6.55. The van der Waals surface area contributed by atoms with Crippen LogP contribution in [0.3, 0.4) is 0 Å². The Balaban J connectivity index is 2.38. The van der Waals surface area contributed by atoms with Gasteiger partial charge in [-0.05, 0) is 24.8 Å². The fourth-order valence-corrected chi connectivity index (χ4v) is 2.77. The Morgan fingerprint density at radius 3 is 2.76 bits per heavy atom. The van der Waals surface area contributed by atoms with Crippen molar-refractivity contribution in [1.29, 1.82) is 0 Å². The van der Waals surface area contributed by atoms with Crippen LogP contribution in [0.1, 0.15) is 38.2 Å². The van der Waals surface area contributed by atoms with E-state index in [1.165, 1.54) is 19.6 Å². The molecule has 2 atom stereocenters. The van der Waals surface area contributed by atoms with Gasteiger partial charge >= 0.3 is 0 Å². The molecule has 1 aromatic carbocycles. The van der Waals surface area contributed by atoms with Crippen LogP contribution >= 0.6 is 0 Å². The lowest BCUT2D eigenvalue weighted by molar-refractivity contribution is 0.201. The number of hydrogen-bond donors (Lipinski definition) is 1. The van der Waals surface area contributed by atoms with Crippen LogP contribution in [0.2, 0.25) is 0 Å². The van der Waals surface area contributed by atoms with Crippen molar-refractivity contribution in [3.05, 3.63) is 29.6 Å². The molecule has 0 heterocycles. The van der Waals surface area contributed by atoms with Gasteiger partial charge < -0.3 is 10.5 Å². The third kappa shape index (κ3) is 2.16. The molecular weight excluding hydrogens is 217 g/mol. The topological polar surface area (TPSA) is 35.2 Å². The molecule has 3 heteroatoms. The standard InChI is InChI=1S/C14H20FNO/c1-10-5-3-4-8-14(10,16)12-7-6-11(17-2)9-13(12)15/h6-7,9-10H,3-5,8,16H2,1-2H3. The van der Waals surface area contributed by atoms with E-state index in [1.54, 1.807) is 12.1 Å². The first kappa shape index (κ1) is 12.4. The van der Waals surface area contributed by atoms with Crippen molar-refractivity contribution in [2.24, 2.45) is 11.7 Å². The molecule has 2 nitrogen and oxygen atoms in total. The third-order valence-corrected chi connectivity index (χ3v) is 4.03. The van der Waals surface area contributed by atoms with Crippen LogP contribution in [-0.2, 0) is 5.54 Å². The maximum absolute atomic E-state index is 14.1. The average molecular weight is 237 g/mol. The summed E-state index contributed by atoms with van der Waals surface area (Å²) in [6, 6.07) is 4.98. The number of rotatable bonds is 2. The Kier molecular flexibility index (Phi) is 3.38. The summed E-state index contributed by atoms with van der Waals surface area (Å²) in [5, 5.41) is 0. The predicted octanol–water partition coefficient (Wildman–Crippen LogP) is 3.20. The summed E-state index contributed by atoms with van der Waals surface area (Å²) >= 11 is 0. The van der Waals surface area contributed by atoms with Crippen LogP contribution < -0.4 is 10.5 Å². The van der Waals surface area contributed by atoms with Gasteiger partial charge in [0.2, 0.25) is 0 Å². The van der Waals surface area contributed by atoms with Crippen molar-refractivity contribution >= 4 is 0 Å². The molecule has 2 unspecified atom stereocenters. The van der Waals surface area contributed by atoms with Crippen LogP contribution in [0.4, 0.5) is 4.39 Å². The van der Waals surface area contributed by atoms with Gasteiger partial charge in [0.25, 0.3) is 0 Å². The van der Waals surface area contributed by atoms with Crippen molar-refractivity contribution in [2.75, 3.05) is 7.11 Å². The van der Waals surface area contributed by atoms with Crippen molar-refractivity contribution in [3.63, 3.8) is 0 Å². The summed E-state index contributed by atoms with van der Waals surface area (Å²) < 4.78 is 19.1. The number of ether oxygens (including phenoxy) is 1.